The fourth-order valence-corrected chi connectivity index (χ4v) is 1.96. The SMILES string of the molecule is CN(Cc1ccccc1)C(=O)c1ccc(Cl)cc1F. The van der Waals surface area contributed by atoms with Crippen molar-refractivity contribution in [1.82, 2.24) is 4.90 Å². The van der Waals surface area contributed by atoms with E-state index in [2.05, 4.69) is 0 Å². The molecule has 0 unspecified atom stereocenters. The molecule has 0 atom stereocenters. The van der Waals surface area contributed by atoms with E-state index in [1.165, 1.54) is 17.0 Å². The summed E-state index contributed by atoms with van der Waals surface area (Å²) in [4.78, 5) is 13.6. The van der Waals surface area contributed by atoms with Crippen LogP contribution in [0.3, 0.4) is 0 Å². The maximum absolute atomic E-state index is 13.7. The molecule has 0 heterocycles. The molecule has 0 saturated carbocycles. The van der Waals surface area contributed by atoms with Gasteiger partial charge in [0.2, 0.25) is 0 Å². The minimum atomic E-state index is -0.600. The number of nitrogens with zero attached hydrogens (tertiary/aromatic N) is 1. The summed E-state index contributed by atoms with van der Waals surface area (Å²) in [5.74, 6) is -0.963. The number of hydrogen-bond acceptors (Lipinski definition) is 1. The van der Waals surface area contributed by atoms with Crippen molar-refractivity contribution in [2.45, 2.75) is 6.54 Å². The van der Waals surface area contributed by atoms with E-state index in [9.17, 15) is 9.18 Å². The van der Waals surface area contributed by atoms with Gasteiger partial charge in [0.15, 0.2) is 0 Å². The first-order valence-electron chi connectivity index (χ1n) is 5.82. The topological polar surface area (TPSA) is 20.3 Å². The van der Waals surface area contributed by atoms with Gasteiger partial charge in [-0.15, -0.1) is 0 Å². The second-order valence-electron chi connectivity index (χ2n) is 4.27. The summed E-state index contributed by atoms with van der Waals surface area (Å²) < 4.78 is 13.7. The van der Waals surface area contributed by atoms with Crippen molar-refractivity contribution < 1.29 is 9.18 Å². The minimum Gasteiger partial charge on any atom is -0.337 e. The number of benzene rings is 2. The second-order valence-corrected chi connectivity index (χ2v) is 4.71. The third-order valence-corrected chi connectivity index (χ3v) is 3.01. The van der Waals surface area contributed by atoms with Crippen LogP contribution in [-0.4, -0.2) is 17.9 Å². The maximum Gasteiger partial charge on any atom is 0.256 e. The van der Waals surface area contributed by atoms with Crippen LogP contribution in [-0.2, 0) is 6.54 Å². The Morgan fingerprint density at radius 2 is 1.89 bits per heavy atom. The van der Waals surface area contributed by atoms with Gasteiger partial charge < -0.3 is 4.90 Å². The zero-order valence-corrected chi connectivity index (χ0v) is 11.2. The van der Waals surface area contributed by atoms with Crippen molar-refractivity contribution in [1.29, 1.82) is 0 Å². The first-order valence-corrected chi connectivity index (χ1v) is 6.20. The number of halogens is 2. The van der Waals surface area contributed by atoms with Crippen molar-refractivity contribution in [3.8, 4) is 0 Å². The smallest absolute Gasteiger partial charge is 0.256 e. The van der Waals surface area contributed by atoms with E-state index >= 15 is 0 Å². The van der Waals surface area contributed by atoms with Gasteiger partial charge in [-0.05, 0) is 23.8 Å². The van der Waals surface area contributed by atoms with E-state index in [4.69, 9.17) is 11.6 Å². The number of carbonyl (C=O) groups is 1. The second kappa shape index (κ2) is 5.85. The number of amides is 1. The van der Waals surface area contributed by atoms with Gasteiger partial charge in [0.25, 0.3) is 5.91 Å². The van der Waals surface area contributed by atoms with E-state index in [0.29, 0.717) is 6.54 Å². The van der Waals surface area contributed by atoms with Crippen LogP contribution in [0, 0.1) is 5.82 Å². The van der Waals surface area contributed by atoms with Crippen molar-refractivity contribution in [3.63, 3.8) is 0 Å². The van der Waals surface area contributed by atoms with Crippen LogP contribution in [0.4, 0.5) is 4.39 Å². The summed E-state index contributed by atoms with van der Waals surface area (Å²) in [7, 11) is 1.64. The van der Waals surface area contributed by atoms with Crippen LogP contribution >= 0.6 is 11.6 Å². The fraction of sp³-hybridized carbons (Fsp3) is 0.133. The summed E-state index contributed by atoms with van der Waals surface area (Å²) in [6.45, 7) is 0.432. The maximum atomic E-state index is 13.7. The number of rotatable bonds is 3. The summed E-state index contributed by atoms with van der Waals surface area (Å²) >= 11 is 5.67. The Morgan fingerprint density at radius 3 is 2.53 bits per heavy atom. The van der Waals surface area contributed by atoms with Gasteiger partial charge in [0.1, 0.15) is 5.82 Å². The Bertz CT molecular complexity index is 586. The molecule has 0 spiro atoms. The van der Waals surface area contributed by atoms with E-state index < -0.39 is 5.82 Å². The Balaban J connectivity index is 2.15. The molecule has 1 amide bonds. The van der Waals surface area contributed by atoms with Crippen molar-refractivity contribution in [2.75, 3.05) is 7.05 Å². The molecule has 19 heavy (non-hydrogen) atoms. The van der Waals surface area contributed by atoms with E-state index in [1.807, 2.05) is 30.3 Å². The summed E-state index contributed by atoms with van der Waals surface area (Å²) in [5.41, 5.74) is 1.02. The molecule has 2 aromatic carbocycles. The van der Waals surface area contributed by atoms with E-state index in [0.717, 1.165) is 11.6 Å². The molecule has 2 rings (SSSR count). The zero-order valence-electron chi connectivity index (χ0n) is 10.4. The summed E-state index contributed by atoms with van der Waals surface area (Å²) in [5, 5.41) is 0.278. The molecule has 0 fully saturated rings. The first-order chi connectivity index (χ1) is 9.08. The lowest BCUT2D eigenvalue weighted by Gasteiger charge is -2.17. The summed E-state index contributed by atoms with van der Waals surface area (Å²) in [6.07, 6.45) is 0. The first kappa shape index (κ1) is 13.6. The molecule has 2 aromatic rings. The van der Waals surface area contributed by atoms with Crippen molar-refractivity contribution in [2.24, 2.45) is 0 Å². The Morgan fingerprint density at radius 1 is 1.21 bits per heavy atom. The quantitative estimate of drug-likeness (QED) is 0.837. The normalized spacial score (nSPS) is 10.3. The molecule has 0 aliphatic rings. The van der Waals surface area contributed by atoms with Gasteiger partial charge in [-0.3, -0.25) is 4.79 Å². The highest BCUT2D eigenvalue weighted by atomic mass is 35.5. The van der Waals surface area contributed by atoms with Gasteiger partial charge in [0.05, 0.1) is 5.56 Å². The lowest BCUT2D eigenvalue weighted by Crippen LogP contribution is -2.27. The van der Waals surface area contributed by atoms with Crippen LogP contribution in [0.15, 0.2) is 48.5 Å². The molecule has 0 saturated heterocycles. The largest absolute Gasteiger partial charge is 0.337 e. The van der Waals surface area contributed by atoms with Gasteiger partial charge in [-0.2, -0.15) is 0 Å². The minimum absolute atomic E-state index is 0.0304. The van der Waals surface area contributed by atoms with Gasteiger partial charge in [-0.1, -0.05) is 41.9 Å². The molecule has 0 aliphatic carbocycles. The number of carbonyl (C=O) groups excluding carboxylic acids is 1. The molecule has 0 N–H and O–H groups in total. The fourth-order valence-electron chi connectivity index (χ4n) is 1.80. The highest BCUT2D eigenvalue weighted by molar-refractivity contribution is 6.30. The van der Waals surface area contributed by atoms with Crippen LogP contribution < -0.4 is 0 Å². The average molecular weight is 278 g/mol. The van der Waals surface area contributed by atoms with Crippen LogP contribution in [0.2, 0.25) is 5.02 Å². The highest BCUT2D eigenvalue weighted by Gasteiger charge is 2.16. The van der Waals surface area contributed by atoms with Crippen LogP contribution in [0.25, 0.3) is 0 Å². The van der Waals surface area contributed by atoms with Crippen LogP contribution in [0.5, 0.6) is 0 Å². The molecular weight excluding hydrogens is 265 g/mol. The molecule has 0 bridgehead atoms. The standard InChI is InChI=1S/C15H13ClFNO/c1-18(10-11-5-3-2-4-6-11)15(19)13-8-7-12(16)9-14(13)17/h2-9H,10H2,1H3. The lowest BCUT2D eigenvalue weighted by molar-refractivity contribution is 0.0780. The Hall–Kier alpha value is -1.87. The average Bonchev–Trinajstić information content (AvgIpc) is 2.39. The highest BCUT2D eigenvalue weighted by Crippen LogP contribution is 2.16. The molecule has 2 nitrogen and oxygen atoms in total. The molecule has 0 radical (unpaired) electrons. The zero-order chi connectivity index (χ0) is 13.8. The van der Waals surface area contributed by atoms with Gasteiger partial charge in [0, 0.05) is 18.6 Å². The lowest BCUT2D eigenvalue weighted by atomic mass is 10.1. The monoisotopic (exact) mass is 277 g/mol. The Labute approximate surface area is 116 Å². The molecular formula is C15H13ClFNO. The van der Waals surface area contributed by atoms with Crippen molar-refractivity contribution in [3.05, 3.63) is 70.5 Å². The third-order valence-electron chi connectivity index (χ3n) is 2.77. The third kappa shape index (κ3) is 3.32. The van der Waals surface area contributed by atoms with Gasteiger partial charge >= 0.3 is 0 Å². The predicted molar refractivity (Wildman–Crippen MR) is 73.6 cm³/mol. The van der Waals surface area contributed by atoms with E-state index in [1.54, 1.807) is 7.05 Å². The number of hydrogen-bond donors (Lipinski definition) is 0. The van der Waals surface area contributed by atoms with Crippen LogP contribution in [0.1, 0.15) is 15.9 Å². The predicted octanol–water partition coefficient (Wildman–Crippen LogP) is 3.75. The Kier molecular flexibility index (Phi) is 4.17. The molecule has 98 valence electrons. The molecule has 4 heteroatoms. The van der Waals surface area contributed by atoms with E-state index in [-0.39, 0.29) is 16.5 Å². The van der Waals surface area contributed by atoms with Gasteiger partial charge in [-0.25, -0.2) is 4.39 Å². The summed E-state index contributed by atoms with van der Waals surface area (Å²) in [6, 6.07) is 13.6. The molecule has 0 aromatic heterocycles. The molecule has 0 aliphatic heterocycles. The van der Waals surface area contributed by atoms with Crippen molar-refractivity contribution >= 4 is 17.5 Å².